The number of nitrogens with zero attached hydrogens (tertiary/aromatic N) is 1. The first-order valence-corrected chi connectivity index (χ1v) is 8.49. The van der Waals surface area contributed by atoms with E-state index in [1.807, 2.05) is 0 Å². The van der Waals surface area contributed by atoms with Crippen molar-refractivity contribution in [3.05, 3.63) is 50.1 Å². The number of hydrogen-bond acceptors (Lipinski definition) is 3. The van der Waals surface area contributed by atoms with Crippen molar-refractivity contribution in [2.45, 2.75) is 4.90 Å². The van der Waals surface area contributed by atoms with E-state index in [0.29, 0.717) is 4.60 Å². The van der Waals surface area contributed by atoms with Crippen LogP contribution in [0, 0.1) is 0 Å². The van der Waals surface area contributed by atoms with E-state index in [-0.39, 0.29) is 25.7 Å². The molecule has 0 aliphatic carbocycles. The molecular weight excluding hydrogens is 410 g/mol. The zero-order chi connectivity index (χ0) is 14.9. The molecule has 0 saturated carbocycles. The maximum absolute atomic E-state index is 12.3. The van der Waals surface area contributed by atoms with Crippen molar-refractivity contribution < 1.29 is 8.42 Å². The van der Waals surface area contributed by atoms with Crippen LogP contribution in [0.15, 0.2) is 40.0 Å². The van der Waals surface area contributed by atoms with Crippen LogP contribution in [-0.2, 0) is 10.0 Å². The number of sulfonamides is 1. The molecule has 0 spiro atoms. The third-order valence-corrected chi connectivity index (χ3v) is 5.20. The highest BCUT2D eigenvalue weighted by Gasteiger charge is 2.22. The third-order valence-electron chi connectivity index (χ3n) is 2.21. The van der Waals surface area contributed by atoms with Gasteiger partial charge in [0.1, 0.15) is 9.50 Å². The molecule has 1 heterocycles. The Morgan fingerprint density at radius 3 is 2.20 bits per heavy atom. The molecular formula is C11H6BrCl3N2O2S. The van der Waals surface area contributed by atoms with Gasteiger partial charge in [-0.05, 0) is 40.2 Å². The molecule has 1 aromatic carbocycles. The van der Waals surface area contributed by atoms with Gasteiger partial charge in [0.2, 0.25) is 0 Å². The van der Waals surface area contributed by atoms with Crippen molar-refractivity contribution in [1.82, 2.24) is 4.98 Å². The Morgan fingerprint density at radius 2 is 1.70 bits per heavy atom. The van der Waals surface area contributed by atoms with E-state index in [1.54, 1.807) is 12.1 Å². The van der Waals surface area contributed by atoms with Gasteiger partial charge < -0.3 is 0 Å². The van der Waals surface area contributed by atoms with Crippen LogP contribution in [0.1, 0.15) is 0 Å². The normalized spacial score (nSPS) is 11.4. The summed E-state index contributed by atoms with van der Waals surface area (Å²) >= 11 is 20.7. The SMILES string of the molecule is O=S(=O)(Nc1ccc(Br)nc1)c1c(Cl)cc(Cl)cc1Cl. The summed E-state index contributed by atoms with van der Waals surface area (Å²) in [5.74, 6) is 0. The van der Waals surface area contributed by atoms with Crippen LogP contribution >= 0.6 is 50.7 Å². The first kappa shape index (κ1) is 15.9. The molecule has 0 aliphatic rings. The van der Waals surface area contributed by atoms with Gasteiger partial charge in [0.15, 0.2) is 0 Å². The first-order chi connectivity index (χ1) is 9.29. The fraction of sp³-hybridized carbons (Fsp3) is 0. The Balaban J connectivity index is 2.43. The molecule has 0 amide bonds. The lowest BCUT2D eigenvalue weighted by atomic mass is 10.4. The average molecular weight is 417 g/mol. The quantitative estimate of drug-likeness (QED) is 0.744. The summed E-state index contributed by atoms with van der Waals surface area (Å²) in [6.45, 7) is 0. The number of anilines is 1. The van der Waals surface area contributed by atoms with Crippen LogP contribution in [0.2, 0.25) is 15.1 Å². The molecule has 4 nitrogen and oxygen atoms in total. The van der Waals surface area contributed by atoms with Crippen molar-refractivity contribution in [3.8, 4) is 0 Å². The second kappa shape index (κ2) is 6.07. The molecule has 0 radical (unpaired) electrons. The number of nitrogens with one attached hydrogen (secondary N) is 1. The minimum Gasteiger partial charge on any atom is -0.278 e. The fourth-order valence-electron chi connectivity index (χ4n) is 1.43. The van der Waals surface area contributed by atoms with Crippen molar-refractivity contribution >= 4 is 66.4 Å². The Kier molecular flexibility index (Phi) is 4.81. The summed E-state index contributed by atoms with van der Waals surface area (Å²) in [5, 5.41) is 0.143. The van der Waals surface area contributed by atoms with E-state index in [9.17, 15) is 8.42 Å². The minimum atomic E-state index is -3.93. The maximum atomic E-state index is 12.3. The van der Waals surface area contributed by atoms with Crippen LogP contribution in [-0.4, -0.2) is 13.4 Å². The molecule has 0 saturated heterocycles. The highest BCUT2D eigenvalue weighted by atomic mass is 79.9. The van der Waals surface area contributed by atoms with E-state index in [4.69, 9.17) is 34.8 Å². The molecule has 1 aromatic heterocycles. The summed E-state index contributed by atoms with van der Waals surface area (Å²) in [6.07, 6.45) is 1.36. The lowest BCUT2D eigenvalue weighted by Gasteiger charge is -2.11. The zero-order valence-electron chi connectivity index (χ0n) is 9.57. The van der Waals surface area contributed by atoms with Gasteiger partial charge in [-0.2, -0.15) is 0 Å². The van der Waals surface area contributed by atoms with Crippen LogP contribution in [0.25, 0.3) is 0 Å². The van der Waals surface area contributed by atoms with Crippen LogP contribution < -0.4 is 4.72 Å². The topological polar surface area (TPSA) is 59.1 Å². The Labute approximate surface area is 139 Å². The molecule has 2 rings (SSSR count). The lowest BCUT2D eigenvalue weighted by molar-refractivity contribution is 0.601. The maximum Gasteiger partial charge on any atom is 0.264 e. The van der Waals surface area contributed by atoms with Gasteiger partial charge >= 0.3 is 0 Å². The zero-order valence-corrected chi connectivity index (χ0v) is 14.2. The predicted octanol–water partition coefficient (Wildman–Crippen LogP) is 4.61. The monoisotopic (exact) mass is 414 g/mol. The van der Waals surface area contributed by atoms with Crippen molar-refractivity contribution in [3.63, 3.8) is 0 Å². The minimum absolute atomic E-state index is 0.0555. The molecule has 20 heavy (non-hydrogen) atoms. The van der Waals surface area contributed by atoms with Gasteiger partial charge in [0.05, 0.1) is 21.9 Å². The van der Waals surface area contributed by atoms with E-state index in [0.717, 1.165) is 0 Å². The standard InChI is InChI=1S/C11H6BrCl3N2O2S/c12-10-2-1-7(5-16-10)17-20(18,19)11-8(14)3-6(13)4-9(11)15/h1-5,17H. The number of pyridine rings is 1. The Bertz CT molecular complexity index is 728. The third kappa shape index (κ3) is 3.56. The van der Waals surface area contributed by atoms with E-state index in [2.05, 4.69) is 25.6 Å². The Morgan fingerprint density at radius 1 is 1.10 bits per heavy atom. The Hall–Kier alpha value is -0.530. The molecule has 0 fully saturated rings. The number of aromatic nitrogens is 1. The molecule has 2 aromatic rings. The predicted molar refractivity (Wildman–Crippen MR) is 84.2 cm³/mol. The van der Waals surface area contributed by atoms with Crippen LogP contribution in [0.4, 0.5) is 5.69 Å². The number of benzene rings is 1. The van der Waals surface area contributed by atoms with E-state index < -0.39 is 10.0 Å². The highest BCUT2D eigenvalue weighted by molar-refractivity contribution is 9.10. The summed E-state index contributed by atoms with van der Waals surface area (Å²) in [7, 11) is -3.93. The van der Waals surface area contributed by atoms with Gasteiger partial charge in [-0.1, -0.05) is 34.8 Å². The second-order valence-electron chi connectivity index (χ2n) is 3.67. The number of halogens is 4. The summed E-state index contributed by atoms with van der Waals surface area (Å²) in [5.41, 5.74) is 0.287. The highest BCUT2D eigenvalue weighted by Crippen LogP contribution is 2.33. The van der Waals surface area contributed by atoms with E-state index in [1.165, 1.54) is 18.3 Å². The molecule has 0 aliphatic heterocycles. The molecule has 106 valence electrons. The molecule has 0 atom stereocenters. The van der Waals surface area contributed by atoms with Gasteiger partial charge in [-0.25, -0.2) is 13.4 Å². The molecule has 9 heteroatoms. The average Bonchev–Trinajstić information content (AvgIpc) is 2.30. The van der Waals surface area contributed by atoms with E-state index >= 15 is 0 Å². The lowest BCUT2D eigenvalue weighted by Crippen LogP contribution is -2.14. The summed E-state index contributed by atoms with van der Waals surface area (Å²) in [4.78, 5) is 3.69. The molecule has 1 N–H and O–H groups in total. The summed E-state index contributed by atoms with van der Waals surface area (Å²) < 4.78 is 27.5. The molecule has 0 bridgehead atoms. The molecule has 0 unspecified atom stereocenters. The van der Waals surface area contributed by atoms with Gasteiger partial charge in [-0.15, -0.1) is 0 Å². The van der Waals surface area contributed by atoms with Crippen molar-refractivity contribution in [1.29, 1.82) is 0 Å². The van der Waals surface area contributed by atoms with Crippen LogP contribution in [0.3, 0.4) is 0 Å². The fourth-order valence-corrected chi connectivity index (χ4v) is 4.25. The smallest absolute Gasteiger partial charge is 0.264 e. The van der Waals surface area contributed by atoms with Gasteiger partial charge in [0.25, 0.3) is 10.0 Å². The largest absolute Gasteiger partial charge is 0.278 e. The number of hydrogen-bond donors (Lipinski definition) is 1. The van der Waals surface area contributed by atoms with Crippen molar-refractivity contribution in [2.75, 3.05) is 4.72 Å². The van der Waals surface area contributed by atoms with Gasteiger partial charge in [0, 0.05) is 5.02 Å². The summed E-state index contributed by atoms with van der Waals surface area (Å²) in [6, 6.07) is 5.77. The second-order valence-corrected chi connectivity index (χ2v) is 7.36. The first-order valence-electron chi connectivity index (χ1n) is 5.08. The van der Waals surface area contributed by atoms with Gasteiger partial charge in [-0.3, -0.25) is 4.72 Å². The number of rotatable bonds is 3. The van der Waals surface area contributed by atoms with Crippen LogP contribution in [0.5, 0.6) is 0 Å². The van der Waals surface area contributed by atoms with Crippen molar-refractivity contribution in [2.24, 2.45) is 0 Å².